The van der Waals surface area contributed by atoms with Crippen LogP contribution in [0.5, 0.6) is 5.75 Å². The first-order valence-corrected chi connectivity index (χ1v) is 15.3. The highest BCUT2D eigenvalue weighted by Gasteiger charge is 2.33. The van der Waals surface area contributed by atoms with Crippen molar-refractivity contribution in [1.82, 2.24) is 10.3 Å². The number of amides is 1. The van der Waals surface area contributed by atoms with Crippen molar-refractivity contribution in [3.63, 3.8) is 0 Å². The second kappa shape index (κ2) is 11.9. The third-order valence-corrected chi connectivity index (χ3v) is 9.70. The van der Waals surface area contributed by atoms with Crippen LogP contribution in [0.1, 0.15) is 114 Å². The average molecular weight is 535 g/mol. The van der Waals surface area contributed by atoms with E-state index in [2.05, 4.69) is 32.2 Å². The van der Waals surface area contributed by atoms with Crippen LogP contribution in [0.25, 0.3) is 10.8 Å². The molecule has 2 N–H and O–H groups in total. The molecule has 3 fully saturated rings. The Hall–Kier alpha value is -2.63. The summed E-state index contributed by atoms with van der Waals surface area (Å²) in [4.78, 5) is 30.2. The van der Waals surface area contributed by atoms with Gasteiger partial charge in [0.25, 0.3) is 5.91 Å². The van der Waals surface area contributed by atoms with Crippen LogP contribution in [0.4, 0.5) is 0 Å². The van der Waals surface area contributed by atoms with E-state index < -0.39 is 12.0 Å². The molecule has 3 aliphatic carbocycles. The minimum absolute atomic E-state index is 0.0111. The van der Waals surface area contributed by atoms with Gasteiger partial charge in [-0.3, -0.25) is 4.79 Å². The molecular weight excluding hydrogens is 488 g/mol. The number of pyridine rings is 1. The number of nitrogens with zero attached hydrogens (tertiary/aromatic N) is 1. The van der Waals surface area contributed by atoms with E-state index in [4.69, 9.17) is 9.72 Å². The predicted octanol–water partition coefficient (Wildman–Crippen LogP) is 7.32. The summed E-state index contributed by atoms with van der Waals surface area (Å²) in [5.41, 5.74) is 1.59. The Morgan fingerprint density at radius 2 is 1.64 bits per heavy atom. The molecule has 3 aliphatic rings. The second-order valence-electron chi connectivity index (χ2n) is 13.5. The van der Waals surface area contributed by atoms with Gasteiger partial charge in [0.1, 0.15) is 17.5 Å². The van der Waals surface area contributed by atoms with E-state index in [1.165, 1.54) is 38.5 Å². The maximum atomic E-state index is 13.3. The molecule has 1 aromatic heterocycles. The molecule has 1 atom stereocenters. The molecular formula is C33H46N2O4. The molecule has 1 heterocycles. The van der Waals surface area contributed by atoms with Crippen molar-refractivity contribution < 1.29 is 19.4 Å². The van der Waals surface area contributed by atoms with Gasteiger partial charge in [-0.1, -0.05) is 65.4 Å². The molecule has 0 unspecified atom stereocenters. The second-order valence-corrected chi connectivity index (χ2v) is 13.5. The molecule has 1 aromatic carbocycles. The summed E-state index contributed by atoms with van der Waals surface area (Å²) in [5.74, 6) is 0.834. The van der Waals surface area contributed by atoms with E-state index in [0.717, 1.165) is 73.1 Å². The Morgan fingerprint density at radius 1 is 0.974 bits per heavy atom. The molecule has 0 radical (unpaired) electrons. The molecule has 0 bridgehead atoms. The maximum absolute atomic E-state index is 13.3. The van der Waals surface area contributed by atoms with Crippen LogP contribution in [-0.4, -0.2) is 34.1 Å². The predicted molar refractivity (Wildman–Crippen MR) is 154 cm³/mol. The summed E-state index contributed by atoms with van der Waals surface area (Å²) in [7, 11) is 0. The maximum Gasteiger partial charge on any atom is 0.326 e. The third kappa shape index (κ3) is 6.75. The topological polar surface area (TPSA) is 88.5 Å². The minimum atomic E-state index is -0.958. The van der Waals surface area contributed by atoms with Crippen molar-refractivity contribution >= 4 is 22.6 Å². The smallest absolute Gasteiger partial charge is 0.326 e. The third-order valence-electron chi connectivity index (χ3n) is 9.70. The largest absolute Gasteiger partial charge is 0.490 e. The highest BCUT2D eigenvalue weighted by atomic mass is 16.5. The number of carbonyl (C=O) groups is 2. The summed E-state index contributed by atoms with van der Waals surface area (Å²) >= 11 is 0. The van der Waals surface area contributed by atoms with E-state index in [-0.39, 0.29) is 17.9 Å². The van der Waals surface area contributed by atoms with Crippen LogP contribution in [0.2, 0.25) is 0 Å². The molecule has 0 aliphatic heterocycles. The SMILES string of the molecule is CC(C)(C)C1CCC(Oc2ccc3cc(C(=O)N[C@@H](C(=O)O)C4CCCC4)nc(CC4CCCC4)c3c2)CC1. The minimum Gasteiger partial charge on any atom is -0.490 e. The molecule has 1 amide bonds. The lowest BCUT2D eigenvalue weighted by Gasteiger charge is -2.37. The van der Waals surface area contributed by atoms with Crippen LogP contribution in [0, 0.1) is 23.2 Å². The first kappa shape index (κ1) is 27.9. The Bertz CT molecular complexity index is 1170. The van der Waals surface area contributed by atoms with Gasteiger partial charge >= 0.3 is 5.97 Å². The molecule has 3 saturated carbocycles. The van der Waals surface area contributed by atoms with Crippen LogP contribution in [0.3, 0.4) is 0 Å². The Morgan fingerprint density at radius 3 is 2.28 bits per heavy atom. The number of carboxylic acids is 1. The number of ether oxygens (including phenoxy) is 1. The Labute approximate surface area is 233 Å². The zero-order valence-electron chi connectivity index (χ0n) is 24.0. The average Bonchev–Trinajstić information content (AvgIpc) is 3.62. The summed E-state index contributed by atoms with van der Waals surface area (Å²) in [6.45, 7) is 7.02. The number of benzene rings is 1. The number of aliphatic carboxylic acids is 1. The number of hydrogen-bond donors (Lipinski definition) is 2. The molecule has 0 saturated heterocycles. The van der Waals surface area contributed by atoms with Gasteiger partial charge < -0.3 is 15.2 Å². The molecule has 6 nitrogen and oxygen atoms in total. The van der Waals surface area contributed by atoms with Gasteiger partial charge in [-0.2, -0.15) is 0 Å². The lowest BCUT2D eigenvalue weighted by molar-refractivity contribution is -0.140. The van der Waals surface area contributed by atoms with Gasteiger partial charge in [-0.15, -0.1) is 0 Å². The van der Waals surface area contributed by atoms with Crippen molar-refractivity contribution in [3.05, 3.63) is 35.7 Å². The number of hydrogen-bond acceptors (Lipinski definition) is 4. The van der Waals surface area contributed by atoms with E-state index in [9.17, 15) is 14.7 Å². The summed E-state index contributed by atoms with van der Waals surface area (Å²) < 4.78 is 6.49. The first-order chi connectivity index (χ1) is 18.7. The highest BCUT2D eigenvalue weighted by Crippen LogP contribution is 2.39. The monoisotopic (exact) mass is 534 g/mol. The van der Waals surface area contributed by atoms with Crippen LogP contribution >= 0.6 is 0 Å². The fourth-order valence-electron chi connectivity index (χ4n) is 7.26. The summed E-state index contributed by atoms with van der Waals surface area (Å²) in [6.07, 6.45) is 14.2. The summed E-state index contributed by atoms with van der Waals surface area (Å²) in [6, 6.07) is 7.11. The van der Waals surface area contributed by atoms with E-state index in [1.54, 1.807) is 0 Å². The summed E-state index contributed by atoms with van der Waals surface area (Å²) in [5, 5.41) is 14.6. The lowest BCUT2D eigenvalue weighted by atomic mass is 9.72. The molecule has 5 rings (SSSR count). The number of carboxylic acid groups (broad SMARTS) is 1. The lowest BCUT2D eigenvalue weighted by Crippen LogP contribution is -2.45. The fraction of sp³-hybridized carbons (Fsp3) is 0.667. The van der Waals surface area contributed by atoms with Crippen LogP contribution in [0.15, 0.2) is 24.3 Å². The molecule has 39 heavy (non-hydrogen) atoms. The van der Waals surface area contributed by atoms with Crippen molar-refractivity contribution in [2.75, 3.05) is 0 Å². The van der Waals surface area contributed by atoms with Gasteiger partial charge in [-0.25, -0.2) is 9.78 Å². The highest BCUT2D eigenvalue weighted by molar-refractivity contribution is 5.99. The zero-order chi connectivity index (χ0) is 27.6. The van der Waals surface area contributed by atoms with Crippen LogP contribution in [-0.2, 0) is 11.2 Å². The van der Waals surface area contributed by atoms with E-state index >= 15 is 0 Å². The molecule has 2 aromatic rings. The zero-order valence-corrected chi connectivity index (χ0v) is 24.0. The van der Waals surface area contributed by atoms with Gasteiger partial charge in [0.2, 0.25) is 0 Å². The van der Waals surface area contributed by atoms with Crippen molar-refractivity contribution in [1.29, 1.82) is 0 Å². The molecule has 212 valence electrons. The van der Waals surface area contributed by atoms with Gasteiger partial charge in [0.05, 0.1) is 6.10 Å². The number of fused-ring (bicyclic) bond motifs is 1. The Kier molecular flexibility index (Phi) is 8.49. The van der Waals surface area contributed by atoms with Crippen molar-refractivity contribution in [2.45, 2.75) is 116 Å². The van der Waals surface area contributed by atoms with Gasteiger partial charge in [-0.05, 0) is 91.7 Å². The number of rotatable bonds is 8. The van der Waals surface area contributed by atoms with Gasteiger partial charge in [0, 0.05) is 11.1 Å². The standard InChI is InChI=1S/C33H46N2O4/c1-33(2,3)24-13-16-25(17-14-24)39-26-15-12-23-19-29(31(36)35-30(32(37)38)22-10-6-7-11-22)34-28(27(23)20-26)18-21-8-4-5-9-21/h12,15,19-22,24-25,30H,4-11,13-14,16-18H2,1-3H3,(H,35,36)(H,37,38)/t24?,25?,30-/m1/s1. The number of nitrogens with one attached hydrogen (secondary N) is 1. The number of aromatic nitrogens is 1. The van der Waals surface area contributed by atoms with Crippen molar-refractivity contribution in [3.8, 4) is 5.75 Å². The quantitative estimate of drug-likeness (QED) is 0.370. The first-order valence-electron chi connectivity index (χ1n) is 15.3. The molecule has 6 heteroatoms. The normalized spacial score (nSPS) is 23.7. The van der Waals surface area contributed by atoms with Crippen LogP contribution < -0.4 is 10.1 Å². The Balaban J connectivity index is 1.37. The molecule has 0 spiro atoms. The van der Waals surface area contributed by atoms with Crippen molar-refractivity contribution in [2.24, 2.45) is 23.2 Å². The van der Waals surface area contributed by atoms with E-state index in [1.807, 2.05) is 18.2 Å². The van der Waals surface area contributed by atoms with E-state index in [0.29, 0.717) is 17.0 Å². The number of carbonyl (C=O) groups excluding carboxylic acids is 1. The fourth-order valence-corrected chi connectivity index (χ4v) is 7.26. The van der Waals surface area contributed by atoms with Gasteiger partial charge in [0.15, 0.2) is 0 Å².